The van der Waals surface area contributed by atoms with Gasteiger partial charge >= 0.3 is 0 Å². The summed E-state index contributed by atoms with van der Waals surface area (Å²) in [7, 11) is 0. The molecule has 0 fully saturated rings. The first kappa shape index (κ1) is 10.6. The number of aromatic hydroxyl groups is 1. The van der Waals surface area contributed by atoms with Crippen molar-refractivity contribution < 1.29 is 5.11 Å². The summed E-state index contributed by atoms with van der Waals surface area (Å²) in [6, 6.07) is 14.5. The Balaban J connectivity index is 2.39. The largest absolute Gasteiger partial charge is 0.507 e. The lowest BCUT2D eigenvalue weighted by molar-refractivity contribution is 0.474. The number of phenols is 1. The Morgan fingerprint density at radius 2 is 1.62 bits per heavy atom. The van der Waals surface area contributed by atoms with E-state index in [0.717, 1.165) is 5.56 Å². The highest BCUT2D eigenvalue weighted by molar-refractivity contribution is 6.32. The third kappa shape index (κ3) is 2.36. The van der Waals surface area contributed by atoms with Gasteiger partial charge < -0.3 is 5.11 Å². The van der Waals surface area contributed by atoms with Gasteiger partial charge in [0.1, 0.15) is 5.75 Å². The molecule has 2 heteroatoms. The van der Waals surface area contributed by atoms with Crippen LogP contribution in [-0.4, -0.2) is 5.11 Å². The summed E-state index contributed by atoms with van der Waals surface area (Å²) in [5.41, 5.74) is 1.36. The Kier molecular flexibility index (Phi) is 3.14. The van der Waals surface area contributed by atoms with Crippen molar-refractivity contribution >= 4 is 11.6 Å². The van der Waals surface area contributed by atoms with Crippen molar-refractivity contribution in [2.45, 2.75) is 0 Å². The molecule has 2 rings (SSSR count). The van der Waals surface area contributed by atoms with Crippen LogP contribution in [0.5, 0.6) is 5.75 Å². The predicted octanol–water partition coefficient (Wildman–Crippen LogP) is 3.45. The van der Waals surface area contributed by atoms with Crippen LogP contribution >= 0.6 is 11.6 Å². The van der Waals surface area contributed by atoms with Gasteiger partial charge in [-0.2, -0.15) is 0 Å². The molecule has 0 aliphatic heterocycles. The Morgan fingerprint density at radius 3 is 2.31 bits per heavy atom. The zero-order chi connectivity index (χ0) is 11.4. The molecule has 0 aliphatic rings. The normalized spacial score (nSPS) is 9.31. The Morgan fingerprint density at radius 1 is 0.875 bits per heavy atom. The molecule has 78 valence electrons. The van der Waals surface area contributed by atoms with E-state index in [2.05, 4.69) is 11.8 Å². The molecule has 0 aliphatic carbocycles. The van der Waals surface area contributed by atoms with E-state index >= 15 is 0 Å². The van der Waals surface area contributed by atoms with Gasteiger partial charge in [-0.05, 0) is 24.3 Å². The van der Waals surface area contributed by atoms with Gasteiger partial charge in [-0.25, -0.2) is 0 Å². The average molecular weight is 229 g/mol. The minimum atomic E-state index is 0.107. The van der Waals surface area contributed by atoms with E-state index in [1.807, 2.05) is 30.3 Å². The molecule has 0 saturated heterocycles. The van der Waals surface area contributed by atoms with E-state index in [0.29, 0.717) is 10.6 Å². The molecule has 0 heterocycles. The first-order valence-electron chi connectivity index (χ1n) is 4.82. The smallest absolute Gasteiger partial charge is 0.132 e. The van der Waals surface area contributed by atoms with E-state index in [1.54, 1.807) is 18.2 Å². The van der Waals surface area contributed by atoms with Crippen LogP contribution in [0, 0.1) is 11.8 Å². The van der Waals surface area contributed by atoms with Crippen molar-refractivity contribution in [1.82, 2.24) is 0 Å². The van der Waals surface area contributed by atoms with Crippen LogP contribution in [0.4, 0.5) is 0 Å². The fourth-order valence-corrected chi connectivity index (χ4v) is 1.51. The SMILES string of the molecule is Oc1cccc(Cl)c1C#Cc1ccccc1. The van der Waals surface area contributed by atoms with E-state index in [-0.39, 0.29) is 5.75 Å². The summed E-state index contributed by atoms with van der Waals surface area (Å²) in [5, 5.41) is 10.0. The van der Waals surface area contributed by atoms with Crippen LogP contribution < -0.4 is 0 Å². The van der Waals surface area contributed by atoms with Crippen molar-refractivity contribution in [3.8, 4) is 17.6 Å². The molecule has 16 heavy (non-hydrogen) atoms. The lowest BCUT2D eigenvalue weighted by Crippen LogP contribution is -1.79. The van der Waals surface area contributed by atoms with Crippen LogP contribution in [0.15, 0.2) is 48.5 Å². The number of rotatable bonds is 0. The van der Waals surface area contributed by atoms with Crippen molar-refractivity contribution in [2.24, 2.45) is 0 Å². The van der Waals surface area contributed by atoms with E-state index in [9.17, 15) is 5.11 Å². The van der Waals surface area contributed by atoms with Gasteiger partial charge in [0.2, 0.25) is 0 Å². The lowest BCUT2D eigenvalue weighted by atomic mass is 10.1. The van der Waals surface area contributed by atoms with Crippen LogP contribution in [0.2, 0.25) is 5.02 Å². The van der Waals surface area contributed by atoms with Crippen LogP contribution in [0.1, 0.15) is 11.1 Å². The molecule has 0 saturated carbocycles. The average Bonchev–Trinajstić information content (AvgIpc) is 2.30. The summed E-state index contributed by atoms with van der Waals surface area (Å²) in [5.74, 6) is 5.92. The first-order chi connectivity index (χ1) is 7.77. The van der Waals surface area contributed by atoms with Crippen LogP contribution in [-0.2, 0) is 0 Å². The number of halogens is 1. The molecule has 0 atom stereocenters. The molecule has 2 aromatic carbocycles. The van der Waals surface area contributed by atoms with Crippen molar-refractivity contribution in [1.29, 1.82) is 0 Å². The molecular formula is C14H9ClO. The first-order valence-corrected chi connectivity index (χ1v) is 5.20. The van der Waals surface area contributed by atoms with Gasteiger partial charge in [0.25, 0.3) is 0 Å². The maximum absolute atomic E-state index is 9.58. The molecule has 0 amide bonds. The highest BCUT2D eigenvalue weighted by Gasteiger charge is 2.01. The van der Waals surface area contributed by atoms with Crippen LogP contribution in [0.3, 0.4) is 0 Å². The van der Waals surface area contributed by atoms with Gasteiger partial charge in [0.15, 0.2) is 0 Å². The van der Waals surface area contributed by atoms with Gasteiger partial charge in [0.05, 0.1) is 10.6 Å². The molecule has 0 spiro atoms. The molecular weight excluding hydrogens is 220 g/mol. The highest BCUT2D eigenvalue weighted by Crippen LogP contribution is 2.23. The maximum atomic E-state index is 9.58. The molecule has 2 aromatic rings. The maximum Gasteiger partial charge on any atom is 0.132 e. The molecule has 1 N–H and O–H groups in total. The third-order valence-electron chi connectivity index (χ3n) is 2.10. The summed E-state index contributed by atoms with van der Waals surface area (Å²) >= 11 is 5.93. The minimum Gasteiger partial charge on any atom is -0.507 e. The monoisotopic (exact) mass is 228 g/mol. The van der Waals surface area contributed by atoms with Gasteiger partial charge in [-0.3, -0.25) is 0 Å². The molecule has 0 bridgehead atoms. The molecule has 0 aromatic heterocycles. The minimum absolute atomic E-state index is 0.107. The number of phenolic OH excluding ortho intramolecular Hbond substituents is 1. The van der Waals surface area contributed by atoms with E-state index in [4.69, 9.17) is 11.6 Å². The van der Waals surface area contributed by atoms with Gasteiger partial charge in [-0.1, -0.05) is 47.7 Å². The summed E-state index contributed by atoms with van der Waals surface area (Å²) in [4.78, 5) is 0. The summed E-state index contributed by atoms with van der Waals surface area (Å²) in [6.07, 6.45) is 0. The second-order valence-corrected chi connectivity index (χ2v) is 3.66. The second-order valence-electron chi connectivity index (χ2n) is 3.25. The Hall–Kier alpha value is -1.91. The van der Waals surface area contributed by atoms with Crippen molar-refractivity contribution in [2.75, 3.05) is 0 Å². The second kappa shape index (κ2) is 4.74. The molecule has 1 nitrogen and oxygen atoms in total. The highest BCUT2D eigenvalue weighted by atomic mass is 35.5. The Labute approximate surface area is 99.3 Å². The quantitative estimate of drug-likeness (QED) is 0.685. The zero-order valence-corrected chi connectivity index (χ0v) is 9.20. The molecule has 0 radical (unpaired) electrons. The lowest BCUT2D eigenvalue weighted by Gasteiger charge is -1.98. The summed E-state index contributed by atoms with van der Waals surface area (Å²) in [6.45, 7) is 0. The summed E-state index contributed by atoms with van der Waals surface area (Å²) < 4.78 is 0. The van der Waals surface area contributed by atoms with Crippen molar-refractivity contribution in [3.63, 3.8) is 0 Å². The number of hydrogen-bond donors (Lipinski definition) is 1. The number of benzene rings is 2. The van der Waals surface area contributed by atoms with E-state index in [1.165, 1.54) is 0 Å². The third-order valence-corrected chi connectivity index (χ3v) is 2.41. The van der Waals surface area contributed by atoms with Crippen LogP contribution in [0.25, 0.3) is 0 Å². The topological polar surface area (TPSA) is 20.2 Å². The van der Waals surface area contributed by atoms with Gasteiger partial charge in [-0.15, -0.1) is 0 Å². The Bertz CT molecular complexity index is 530. The zero-order valence-electron chi connectivity index (χ0n) is 8.44. The van der Waals surface area contributed by atoms with E-state index < -0.39 is 0 Å². The standard InChI is InChI=1S/C14H9ClO/c15-13-7-4-8-14(16)12(13)10-9-11-5-2-1-3-6-11/h1-8,16H. The fourth-order valence-electron chi connectivity index (χ4n) is 1.29. The van der Waals surface area contributed by atoms with Crippen molar-refractivity contribution in [3.05, 3.63) is 64.7 Å². The molecule has 0 unspecified atom stereocenters. The fraction of sp³-hybridized carbons (Fsp3) is 0. The predicted molar refractivity (Wildman–Crippen MR) is 65.5 cm³/mol. The number of hydrogen-bond acceptors (Lipinski definition) is 1. The van der Waals surface area contributed by atoms with Gasteiger partial charge in [0, 0.05) is 5.56 Å².